The van der Waals surface area contributed by atoms with E-state index in [4.69, 9.17) is 47.4 Å². The minimum Gasteiger partial charge on any atom is -0.470 e. The third kappa shape index (κ3) is 13.9. The van der Waals surface area contributed by atoms with Crippen LogP contribution in [0.1, 0.15) is 73.6 Å². The summed E-state index contributed by atoms with van der Waals surface area (Å²) >= 11 is 0. The highest BCUT2D eigenvalue weighted by molar-refractivity contribution is 5.03. The maximum absolute atomic E-state index is 11.3. The number of allylic oxidation sites excluding steroid dienone is 3. The van der Waals surface area contributed by atoms with E-state index in [1.165, 1.54) is 27.0 Å². The molecule has 5 fully saturated rings. The Bertz CT molecular complexity index is 1580. The monoisotopic (exact) mass is 988 g/mol. The lowest BCUT2D eigenvalue weighted by molar-refractivity contribution is -0.385. The van der Waals surface area contributed by atoms with Crippen LogP contribution >= 0.6 is 0 Å². The second kappa shape index (κ2) is 25.8. The van der Waals surface area contributed by atoms with Crippen LogP contribution < -0.4 is 0 Å². The summed E-state index contributed by atoms with van der Waals surface area (Å²) in [5.41, 5.74) is 1.83. The molecule has 26 atom stereocenters. The molecule has 24 heteroatoms. The van der Waals surface area contributed by atoms with Crippen molar-refractivity contribution in [2.24, 2.45) is 5.92 Å². The average molecular weight is 989 g/mol. The highest BCUT2D eigenvalue weighted by Crippen LogP contribution is 2.35. The van der Waals surface area contributed by atoms with Crippen LogP contribution in [-0.2, 0) is 47.4 Å². The van der Waals surface area contributed by atoms with Crippen LogP contribution in [0, 0.1) is 5.92 Å². The van der Waals surface area contributed by atoms with Gasteiger partial charge in [-0.25, -0.2) is 0 Å². The average Bonchev–Trinajstić information content (AvgIpc) is 3.31. The largest absolute Gasteiger partial charge is 0.470 e. The summed E-state index contributed by atoms with van der Waals surface area (Å²) in [6.45, 7) is 8.83. The van der Waals surface area contributed by atoms with Crippen molar-refractivity contribution < 1.29 is 119 Å². The van der Waals surface area contributed by atoms with E-state index in [-0.39, 0.29) is 12.5 Å². The molecule has 0 bridgehead atoms. The second-order valence-electron chi connectivity index (χ2n) is 18.8. The van der Waals surface area contributed by atoms with Crippen molar-refractivity contribution in [2.75, 3.05) is 19.8 Å². The lowest BCUT2D eigenvalue weighted by Gasteiger charge is -2.48. The molecule has 5 aliphatic rings. The molecule has 5 heterocycles. The zero-order valence-corrected chi connectivity index (χ0v) is 39.2. The Hall–Kier alpha value is -1.64. The normalized spacial score (nSPS) is 46.9. The first-order valence-electron chi connectivity index (χ1n) is 23.3. The second-order valence-corrected chi connectivity index (χ2v) is 18.8. The molecule has 14 N–H and O–H groups in total. The van der Waals surface area contributed by atoms with E-state index >= 15 is 0 Å². The van der Waals surface area contributed by atoms with Gasteiger partial charge in [0.15, 0.2) is 31.3 Å². The molecule has 5 saturated heterocycles. The number of hydrogen-bond donors (Lipinski definition) is 14. The van der Waals surface area contributed by atoms with Gasteiger partial charge in [0.2, 0.25) is 6.29 Å². The molecule has 24 nitrogen and oxygen atoms in total. The Morgan fingerprint density at radius 2 is 0.941 bits per heavy atom. The standard InChI is InChI=1S/C44H76O24/c1-17(9-7-11-18(2)15-59-43-38(33(55)28(50)23(13-45)64-43)67-41-35(57)31(53)26(48)21(5)62-41)10-8-12-19(3)16-60-44-39(68-42-36(58)32(54)27(49)22(6)63-42)37(29(51)24(14-46)65-44)66-40-34(56)30(52)25(47)20(4)61-40/h10,16,18,20-58H,7-9,11-15H2,1-6H3/b17-10+,19-16-/t18-,20+,21+,22+,23-,24-,25+,26+,27+,28-,29-,30-,31-,32-,33+,34-,35-,36-,37+,38-,39-,40+,41+,42+,43-,44-/m1/s1. The first kappa shape index (κ1) is 57.3. The highest BCUT2D eigenvalue weighted by atomic mass is 16.8. The van der Waals surface area contributed by atoms with Crippen molar-refractivity contribution in [3.8, 4) is 0 Å². The minimum atomic E-state index is -1.79. The fourth-order valence-electron chi connectivity index (χ4n) is 8.59. The molecule has 0 aromatic rings. The number of aliphatic hydroxyl groups excluding tert-OH is 14. The van der Waals surface area contributed by atoms with Crippen molar-refractivity contribution >= 4 is 0 Å². The maximum Gasteiger partial charge on any atom is 0.228 e. The Balaban J connectivity index is 1.15. The molecule has 5 rings (SSSR count). The molecule has 0 saturated carbocycles. The van der Waals surface area contributed by atoms with Crippen LogP contribution in [0.5, 0.6) is 0 Å². The Labute approximate surface area is 394 Å². The molecule has 0 amide bonds. The fourth-order valence-corrected chi connectivity index (χ4v) is 8.59. The van der Waals surface area contributed by atoms with Gasteiger partial charge in [-0.2, -0.15) is 0 Å². The molecule has 0 aromatic carbocycles. The van der Waals surface area contributed by atoms with E-state index < -0.39 is 167 Å². The maximum atomic E-state index is 11.3. The molecule has 0 aliphatic carbocycles. The smallest absolute Gasteiger partial charge is 0.228 e. The number of rotatable bonds is 20. The summed E-state index contributed by atoms with van der Waals surface area (Å²) in [4.78, 5) is 0. The third-order valence-electron chi connectivity index (χ3n) is 13.2. The van der Waals surface area contributed by atoms with E-state index in [9.17, 15) is 71.5 Å². The molecular weight excluding hydrogens is 912 g/mol. The SMILES string of the molecule is C/C(=C/O[C@@H]1O[C@H](CO)[C@@H](O)[C@H](O[C@@H]2O[C@@H](C)[C@H](O)[C@@H](O)[C@H]2O)[C@H]1O[C@@H]1O[C@@H](C)[C@H](O)[C@@H](O)[C@H]1O)CC/C=C(\C)CCC[C@@H](C)CO[C@@H]1O[C@H](CO)[C@@H](O)[C@H](O)[C@H]1O[C@@H]1O[C@@H](C)[C@H](O)[C@@H](O)[C@H]1O. The lowest BCUT2D eigenvalue weighted by Crippen LogP contribution is -2.66. The van der Waals surface area contributed by atoms with Gasteiger partial charge in [-0.1, -0.05) is 18.6 Å². The summed E-state index contributed by atoms with van der Waals surface area (Å²) in [5, 5.41) is 146. The summed E-state index contributed by atoms with van der Waals surface area (Å²) in [5.74, 6) is -0.0258. The van der Waals surface area contributed by atoms with Crippen molar-refractivity contribution in [3.63, 3.8) is 0 Å². The predicted octanol–water partition coefficient (Wildman–Crippen LogP) is -4.39. The minimum absolute atomic E-state index is 0.0258. The van der Waals surface area contributed by atoms with E-state index in [0.29, 0.717) is 19.3 Å². The highest BCUT2D eigenvalue weighted by Gasteiger charge is 2.55. The summed E-state index contributed by atoms with van der Waals surface area (Å²) in [6, 6.07) is 0. The van der Waals surface area contributed by atoms with Crippen molar-refractivity contribution in [1.29, 1.82) is 0 Å². The van der Waals surface area contributed by atoms with Gasteiger partial charge in [0, 0.05) is 0 Å². The van der Waals surface area contributed by atoms with Crippen molar-refractivity contribution in [1.82, 2.24) is 0 Å². The number of hydrogen-bond acceptors (Lipinski definition) is 24. The van der Waals surface area contributed by atoms with Gasteiger partial charge in [-0.15, -0.1) is 0 Å². The van der Waals surface area contributed by atoms with Gasteiger partial charge in [0.1, 0.15) is 97.7 Å². The van der Waals surface area contributed by atoms with Crippen LogP contribution in [0.4, 0.5) is 0 Å². The molecule has 68 heavy (non-hydrogen) atoms. The van der Waals surface area contributed by atoms with Crippen molar-refractivity contribution in [2.45, 2.75) is 227 Å². The number of aliphatic hydroxyl groups is 14. The zero-order chi connectivity index (χ0) is 50.3. The summed E-state index contributed by atoms with van der Waals surface area (Å²) in [7, 11) is 0. The molecule has 0 aromatic heterocycles. The van der Waals surface area contributed by atoms with E-state index in [1.807, 2.05) is 13.8 Å². The lowest BCUT2D eigenvalue weighted by atomic mass is 9.96. The molecule has 0 radical (unpaired) electrons. The first-order chi connectivity index (χ1) is 32.1. The van der Waals surface area contributed by atoms with Crippen molar-refractivity contribution in [3.05, 3.63) is 23.5 Å². The topological polar surface area (TPSA) is 376 Å². The van der Waals surface area contributed by atoms with Gasteiger partial charge >= 0.3 is 0 Å². The molecule has 396 valence electrons. The summed E-state index contributed by atoms with van der Waals surface area (Å²) in [6.07, 6.45) is -30.2. The van der Waals surface area contributed by atoms with Crippen LogP contribution in [0.25, 0.3) is 0 Å². The van der Waals surface area contributed by atoms with E-state index in [2.05, 4.69) is 6.08 Å². The molecule has 5 aliphatic heterocycles. The van der Waals surface area contributed by atoms with E-state index in [1.54, 1.807) is 6.92 Å². The van der Waals surface area contributed by atoms with Gasteiger partial charge in [-0.05, 0) is 78.2 Å². The molecule has 0 spiro atoms. The van der Waals surface area contributed by atoms with Gasteiger partial charge in [0.05, 0.1) is 44.4 Å². The third-order valence-corrected chi connectivity index (χ3v) is 13.2. The summed E-state index contributed by atoms with van der Waals surface area (Å²) < 4.78 is 58.2. The van der Waals surface area contributed by atoms with Gasteiger partial charge in [-0.3, -0.25) is 0 Å². The van der Waals surface area contributed by atoms with Gasteiger partial charge < -0.3 is 119 Å². The fraction of sp³-hybridized carbons (Fsp3) is 0.909. The Morgan fingerprint density at radius 3 is 1.44 bits per heavy atom. The van der Waals surface area contributed by atoms with Crippen LogP contribution in [0.2, 0.25) is 0 Å². The van der Waals surface area contributed by atoms with Crippen LogP contribution in [0.15, 0.2) is 23.5 Å². The quantitative estimate of drug-likeness (QED) is 0.0405. The Morgan fingerprint density at radius 1 is 0.485 bits per heavy atom. The Kier molecular flexibility index (Phi) is 21.8. The van der Waals surface area contributed by atoms with Crippen LogP contribution in [0.3, 0.4) is 0 Å². The number of ether oxygens (including phenoxy) is 10. The predicted molar refractivity (Wildman–Crippen MR) is 228 cm³/mol. The molecule has 0 unspecified atom stereocenters. The van der Waals surface area contributed by atoms with Crippen LogP contribution in [-0.4, -0.2) is 245 Å². The zero-order valence-electron chi connectivity index (χ0n) is 39.2. The van der Waals surface area contributed by atoms with E-state index in [0.717, 1.165) is 24.0 Å². The molecular formula is C44H76O24. The first-order valence-corrected chi connectivity index (χ1v) is 23.3. The van der Waals surface area contributed by atoms with Gasteiger partial charge in [0.25, 0.3) is 0 Å².